The molecule has 0 unspecified atom stereocenters. The third-order valence-electron chi connectivity index (χ3n) is 4.03. The van der Waals surface area contributed by atoms with Gasteiger partial charge in [-0.15, -0.1) is 0 Å². The Morgan fingerprint density at radius 2 is 1.61 bits per heavy atom. The van der Waals surface area contributed by atoms with Gasteiger partial charge in [-0.2, -0.15) is 0 Å². The number of ketones is 2. The highest BCUT2D eigenvalue weighted by molar-refractivity contribution is 5.91. The van der Waals surface area contributed by atoms with Gasteiger partial charge in [-0.05, 0) is 36.1 Å². The van der Waals surface area contributed by atoms with E-state index in [1.165, 1.54) is 19.2 Å². The summed E-state index contributed by atoms with van der Waals surface area (Å²) in [6.07, 6.45) is 0.949. The summed E-state index contributed by atoms with van der Waals surface area (Å²) in [6, 6.07) is 4.67. The number of carbonyl (C=O) groups excluding carboxylic acids is 4. The van der Waals surface area contributed by atoms with Crippen LogP contribution in [0.15, 0.2) is 18.2 Å². The first-order valence-corrected chi connectivity index (χ1v) is 8.88. The predicted octanol–water partition coefficient (Wildman–Crippen LogP) is 1.90. The molecule has 1 aromatic rings. The van der Waals surface area contributed by atoms with Crippen LogP contribution in [0.25, 0.3) is 0 Å². The summed E-state index contributed by atoms with van der Waals surface area (Å²) in [5.74, 6) is -1.77. The van der Waals surface area contributed by atoms with Crippen molar-refractivity contribution in [2.24, 2.45) is 0 Å². The summed E-state index contributed by atoms with van der Waals surface area (Å²) in [5.41, 5.74) is 1.44. The Labute approximate surface area is 162 Å². The van der Waals surface area contributed by atoms with E-state index in [4.69, 9.17) is 5.11 Å². The van der Waals surface area contributed by atoms with E-state index in [1.807, 2.05) is 0 Å². The van der Waals surface area contributed by atoms with E-state index in [9.17, 15) is 24.0 Å². The van der Waals surface area contributed by atoms with Gasteiger partial charge in [-0.1, -0.05) is 6.07 Å². The van der Waals surface area contributed by atoms with Gasteiger partial charge in [0.15, 0.2) is 0 Å². The van der Waals surface area contributed by atoms with Gasteiger partial charge in [-0.25, -0.2) is 4.79 Å². The maximum atomic E-state index is 12.2. The lowest BCUT2D eigenvalue weighted by atomic mass is 9.94. The third kappa shape index (κ3) is 8.57. The molecule has 0 aliphatic rings. The molecule has 8 nitrogen and oxygen atoms in total. The lowest BCUT2D eigenvalue weighted by molar-refractivity contribution is -0.137. The zero-order valence-electron chi connectivity index (χ0n) is 15.8. The van der Waals surface area contributed by atoms with Gasteiger partial charge in [-0.3, -0.25) is 19.2 Å². The molecule has 8 heteroatoms. The van der Waals surface area contributed by atoms with Crippen LogP contribution in [-0.4, -0.2) is 48.8 Å². The number of carbonyl (C=O) groups is 5. The van der Waals surface area contributed by atoms with E-state index < -0.39 is 11.9 Å². The molecule has 0 fully saturated rings. The number of hydrogen-bond donors (Lipinski definition) is 1. The fraction of sp³-hybridized carbons (Fsp3) is 0.450. The molecule has 0 radical (unpaired) electrons. The number of carboxylic acids is 1. The lowest BCUT2D eigenvalue weighted by Gasteiger charge is -2.11. The van der Waals surface area contributed by atoms with Crippen molar-refractivity contribution < 1.29 is 38.6 Å². The number of Topliss-reactive ketones (excluding diaryl/α,β-unsaturated/α-hetero) is 2. The van der Waals surface area contributed by atoms with Crippen molar-refractivity contribution >= 4 is 30.0 Å². The maximum Gasteiger partial charge on any atom is 0.337 e. The van der Waals surface area contributed by atoms with E-state index in [2.05, 4.69) is 9.47 Å². The Bertz CT molecular complexity index is 723. The van der Waals surface area contributed by atoms with Gasteiger partial charge in [0.05, 0.1) is 19.3 Å². The Morgan fingerprint density at radius 3 is 2.21 bits per heavy atom. The molecule has 0 spiro atoms. The van der Waals surface area contributed by atoms with Gasteiger partial charge in [0.1, 0.15) is 11.6 Å². The van der Waals surface area contributed by atoms with E-state index >= 15 is 0 Å². The van der Waals surface area contributed by atoms with Crippen LogP contribution in [0, 0.1) is 0 Å². The third-order valence-corrected chi connectivity index (χ3v) is 4.03. The first-order chi connectivity index (χ1) is 13.4. The summed E-state index contributed by atoms with van der Waals surface area (Å²) in [5, 5.41) is 8.66. The molecule has 0 amide bonds. The molecule has 0 bridgehead atoms. The largest absolute Gasteiger partial charge is 0.481 e. The number of esters is 1. The van der Waals surface area contributed by atoms with Gasteiger partial charge in [0.25, 0.3) is 6.47 Å². The molecule has 0 aromatic heterocycles. The van der Waals surface area contributed by atoms with Crippen LogP contribution >= 0.6 is 0 Å². The lowest BCUT2D eigenvalue weighted by Crippen LogP contribution is -2.12. The minimum atomic E-state index is -0.967. The smallest absolute Gasteiger partial charge is 0.337 e. The van der Waals surface area contributed by atoms with Crippen LogP contribution in [0.2, 0.25) is 0 Å². The molecule has 0 saturated heterocycles. The summed E-state index contributed by atoms with van der Waals surface area (Å²) in [7, 11) is 1.25. The van der Waals surface area contributed by atoms with Crippen molar-refractivity contribution in [1.82, 2.24) is 0 Å². The van der Waals surface area contributed by atoms with E-state index in [1.54, 1.807) is 6.07 Å². The first kappa shape index (κ1) is 23.0. The van der Waals surface area contributed by atoms with Crippen LogP contribution in [0.1, 0.15) is 53.6 Å². The monoisotopic (exact) mass is 392 g/mol. The molecule has 0 saturated carbocycles. The Kier molecular flexibility index (Phi) is 10.2. The van der Waals surface area contributed by atoms with Crippen molar-refractivity contribution in [2.45, 2.75) is 44.9 Å². The summed E-state index contributed by atoms with van der Waals surface area (Å²) < 4.78 is 9.23. The molecular formula is C20H24O8. The van der Waals surface area contributed by atoms with Crippen molar-refractivity contribution in [1.29, 1.82) is 0 Å². The predicted molar refractivity (Wildman–Crippen MR) is 97.9 cm³/mol. The number of rotatable bonds is 14. The number of aliphatic carboxylic acids is 1. The maximum absolute atomic E-state index is 12.2. The van der Waals surface area contributed by atoms with Gasteiger partial charge < -0.3 is 14.6 Å². The van der Waals surface area contributed by atoms with Crippen LogP contribution in [0.4, 0.5) is 0 Å². The van der Waals surface area contributed by atoms with Gasteiger partial charge in [0, 0.05) is 32.1 Å². The van der Waals surface area contributed by atoms with E-state index in [-0.39, 0.29) is 62.3 Å². The average Bonchev–Trinajstić information content (AvgIpc) is 2.65. The molecule has 28 heavy (non-hydrogen) atoms. The molecule has 0 atom stereocenters. The average molecular weight is 392 g/mol. The van der Waals surface area contributed by atoms with Crippen molar-refractivity contribution in [3.8, 4) is 0 Å². The SMILES string of the molecule is COC(=O)c1ccc(CC(=O)CCCOC=O)c(CC(=O)CCCC(=O)O)c1. The quantitative estimate of drug-likeness (QED) is 0.289. The minimum absolute atomic E-state index is 0.00131. The van der Waals surface area contributed by atoms with Gasteiger partial charge >= 0.3 is 11.9 Å². The number of methoxy groups -OCH3 is 1. The van der Waals surface area contributed by atoms with Crippen LogP contribution in [0.5, 0.6) is 0 Å². The number of benzene rings is 1. The van der Waals surface area contributed by atoms with E-state index in [0.29, 0.717) is 24.0 Å². The first-order valence-electron chi connectivity index (χ1n) is 8.88. The molecule has 0 heterocycles. The second-order valence-electron chi connectivity index (χ2n) is 6.22. The highest BCUT2D eigenvalue weighted by Gasteiger charge is 2.15. The molecule has 152 valence electrons. The second kappa shape index (κ2) is 12.4. The fourth-order valence-electron chi connectivity index (χ4n) is 2.65. The van der Waals surface area contributed by atoms with Crippen molar-refractivity contribution in [3.05, 3.63) is 34.9 Å². The van der Waals surface area contributed by atoms with Gasteiger partial charge in [0.2, 0.25) is 0 Å². The molecule has 1 rings (SSSR count). The summed E-state index contributed by atoms with van der Waals surface area (Å²) in [6.45, 7) is 0.482. The number of ether oxygens (including phenoxy) is 2. The molecule has 1 N–H and O–H groups in total. The number of carboxylic acid groups (broad SMARTS) is 1. The van der Waals surface area contributed by atoms with Crippen LogP contribution in [0.3, 0.4) is 0 Å². The molecule has 0 aliphatic heterocycles. The van der Waals surface area contributed by atoms with Crippen LogP contribution in [-0.2, 0) is 41.5 Å². The fourth-order valence-corrected chi connectivity index (χ4v) is 2.65. The normalized spacial score (nSPS) is 10.2. The number of hydrogen-bond acceptors (Lipinski definition) is 7. The molecular weight excluding hydrogens is 368 g/mol. The Morgan fingerprint density at radius 1 is 0.964 bits per heavy atom. The Hall–Kier alpha value is -3.03. The topological polar surface area (TPSA) is 124 Å². The Balaban J connectivity index is 2.84. The second-order valence-corrected chi connectivity index (χ2v) is 6.22. The highest BCUT2D eigenvalue weighted by Crippen LogP contribution is 2.17. The summed E-state index contributed by atoms with van der Waals surface area (Å²) in [4.78, 5) is 56.8. The summed E-state index contributed by atoms with van der Waals surface area (Å²) >= 11 is 0. The van der Waals surface area contributed by atoms with Crippen molar-refractivity contribution in [3.63, 3.8) is 0 Å². The zero-order chi connectivity index (χ0) is 20.9. The minimum Gasteiger partial charge on any atom is -0.481 e. The van der Waals surface area contributed by atoms with E-state index in [0.717, 1.165) is 0 Å². The molecule has 0 aliphatic carbocycles. The zero-order valence-corrected chi connectivity index (χ0v) is 15.8. The van der Waals surface area contributed by atoms with Crippen LogP contribution < -0.4 is 0 Å². The van der Waals surface area contributed by atoms with Crippen molar-refractivity contribution in [2.75, 3.05) is 13.7 Å². The molecule has 1 aromatic carbocycles. The highest BCUT2D eigenvalue weighted by atomic mass is 16.5. The standard InChI is InChI=1S/C20H24O8/c1-27-20(26)15-8-7-14(11-18(23)5-3-9-28-13-21)16(10-15)12-17(22)4-2-6-19(24)25/h7-8,10,13H,2-6,9,11-12H2,1H3,(H,24,25).